The maximum Gasteiger partial charge on any atom is 0.0651 e. The third-order valence-electron chi connectivity index (χ3n) is 6.38. The van der Waals surface area contributed by atoms with E-state index in [0.29, 0.717) is 6.10 Å². The minimum atomic E-state index is 0.532. The highest BCUT2D eigenvalue weighted by molar-refractivity contribution is 4.81. The van der Waals surface area contributed by atoms with Crippen LogP contribution in [0.3, 0.4) is 0 Å². The molecule has 0 N–H and O–H groups in total. The zero-order valence-corrected chi connectivity index (χ0v) is 16.2. The molecule has 138 valence electrons. The summed E-state index contributed by atoms with van der Waals surface area (Å²) < 4.78 is 5.93. The second-order valence-corrected chi connectivity index (χ2v) is 8.16. The highest BCUT2D eigenvalue weighted by Gasteiger charge is 2.24. The number of hydrogen-bond acceptors (Lipinski definition) is 1. The van der Waals surface area contributed by atoms with E-state index in [4.69, 9.17) is 4.74 Å². The summed E-state index contributed by atoms with van der Waals surface area (Å²) in [5.41, 5.74) is 0. The maximum atomic E-state index is 5.93. The fraction of sp³-hybridized carbons (Fsp3) is 0.826. The van der Waals surface area contributed by atoms with Crippen LogP contribution in [0.4, 0.5) is 0 Å². The van der Waals surface area contributed by atoms with Crippen molar-refractivity contribution in [2.24, 2.45) is 17.8 Å². The lowest BCUT2D eigenvalue weighted by atomic mass is 9.76. The maximum absolute atomic E-state index is 5.93. The van der Waals surface area contributed by atoms with E-state index < -0.39 is 0 Å². The van der Waals surface area contributed by atoms with Crippen LogP contribution in [0.15, 0.2) is 24.3 Å². The summed E-state index contributed by atoms with van der Waals surface area (Å²) in [4.78, 5) is 0. The first-order chi connectivity index (χ1) is 11.8. The predicted molar refractivity (Wildman–Crippen MR) is 105 cm³/mol. The molecule has 0 spiro atoms. The van der Waals surface area contributed by atoms with Crippen molar-refractivity contribution in [2.75, 3.05) is 6.61 Å². The first kappa shape index (κ1) is 19.8. The van der Waals surface area contributed by atoms with E-state index in [-0.39, 0.29) is 0 Å². The standard InChI is InChI=1S/C23H40O/c1-3-5-7-8-20-9-11-21(12-10-20)13-14-22-15-17-23(18-16-22)24-19-6-4-2/h3-6,20-23H,7-19H2,1-2H3/b5-3+,6-4+/t20-,21-,22-,23-. The van der Waals surface area contributed by atoms with Crippen molar-refractivity contribution in [2.45, 2.75) is 97.0 Å². The first-order valence-electron chi connectivity index (χ1n) is 10.7. The molecule has 2 saturated carbocycles. The first-order valence-corrected chi connectivity index (χ1v) is 10.7. The minimum absolute atomic E-state index is 0.532. The average molecular weight is 333 g/mol. The Morgan fingerprint density at radius 1 is 0.667 bits per heavy atom. The Labute approximate surface area is 150 Å². The summed E-state index contributed by atoms with van der Waals surface area (Å²) in [6.07, 6.45) is 26.4. The van der Waals surface area contributed by atoms with E-state index in [1.54, 1.807) is 0 Å². The molecule has 0 atom stereocenters. The molecule has 1 heteroatoms. The molecular weight excluding hydrogens is 292 g/mol. The predicted octanol–water partition coefficient (Wildman–Crippen LogP) is 7.08. The molecule has 0 aromatic heterocycles. The van der Waals surface area contributed by atoms with Gasteiger partial charge in [0.2, 0.25) is 0 Å². The Hall–Kier alpha value is -0.560. The SMILES string of the molecule is C/C=C/CC[C@H]1CC[C@H](CC[C@H]2CC[C@H](OC/C=C/C)CC2)CC1. The van der Waals surface area contributed by atoms with Gasteiger partial charge in [0.25, 0.3) is 0 Å². The summed E-state index contributed by atoms with van der Waals surface area (Å²) in [6.45, 7) is 5.01. The van der Waals surface area contributed by atoms with E-state index in [0.717, 1.165) is 24.4 Å². The van der Waals surface area contributed by atoms with E-state index in [1.807, 2.05) is 0 Å². The van der Waals surface area contributed by atoms with Gasteiger partial charge in [-0.1, -0.05) is 62.8 Å². The van der Waals surface area contributed by atoms with Crippen LogP contribution in [0.1, 0.15) is 90.9 Å². The van der Waals surface area contributed by atoms with Crippen molar-refractivity contribution >= 4 is 0 Å². The molecule has 0 unspecified atom stereocenters. The van der Waals surface area contributed by atoms with Gasteiger partial charge in [-0.15, -0.1) is 0 Å². The van der Waals surface area contributed by atoms with Crippen molar-refractivity contribution in [3.8, 4) is 0 Å². The molecule has 0 bridgehead atoms. The summed E-state index contributed by atoms with van der Waals surface area (Å²) in [7, 11) is 0. The van der Waals surface area contributed by atoms with Gasteiger partial charge >= 0.3 is 0 Å². The van der Waals surface area contributed by atoms with Gasteiger partial charge in [0, 0.05) is 0 Å². The molecule has 24 heavy (non-hydrogen) atoms. The third-order valence-corrected chi connectivity index (χ3v) is 6.38. The minimum Gasteiger partial charge on any atom is -0.374 e. The van der Waals surface area contributed by atoms with Gasteiger partial charge in [-0.25, -0.2) is 0 Å². The quantitative estimate of drug-likeness (QED) is 0.410. The molecule has 1 nitrogen and oxygen atoms in total. The van der Waals surface area contributed by atoms with E-state index in [9.17, 15) is 0 Å². The highest BCUT2D eigenvalue weighted by Crippen LogP contribution is 2.37. The zero-order valence-electron chi connectivity index (χ0n) is 16.2. The smallest absolute Gasteiger partial charge is 0.0651 e. The van der Waals surface area contributed by atoms with Gasteiger partial charge < -0.3 is 4.74 Å². The van der Waals surface area contributed by atoms with Crippen molar-refractivity contribution in [3.05, 3.63) is 24.3 Å². The van der Waals surface area contributed by atoms with E-state index >= 15 is 0 Å². The number of allylic oxidation sites excluding steroid dienone is 3. The Morgan fingerprint density at radius 3 is 1.71 bits per heavy atom. The number of rotatable bonds is 9. The lowest BCUT2D eigenvalue weighted by molar-refractivity contribution is 0.0325. The lowest BCUT2D eigenvalue weighted by Gasteiger charge is -2.32. The molecule has 2 aliphatic carbocycles. The van der Waals surface area contributed by atoms with Gasteiger partial charge in [0.1, 0.15) is 0 Å². The molecule has 2 rings (SSSR count). The van der Waals surface area contributed by atoms with E-state index in [1.165, 1.54) is 77.0 Å². The second kappa shape index (κ2) is 11.9. The second-order valence-electron chi connectivity index (χ2n) is 8.16. The fourth-order valence-electron chi connectivity index (χ4n) is 4.65. The van der Waals surface area contributed by atoms with Crippen LogP contribution in [0.5, 0.6) is 0 Å². The van der Waals surface area contributed by atoms with Gasteiger partial charge in [-0.05, 0) is 70.1 Å². The van der Waals surface area contributed by atoms with Crippen LogP contribution in [-0.4, -0.2) is 12.7 Å². The number of hydrogen-bond donors (Lipinski definition) is 0. The average Bonchev–Trinajstić information content (AvgIpc) is 2.63. The monoisotopic (exact) mass is 332 g/mol. The number of ether oxygens (including phenoxy) is 1. The molecule has 0 aromatic carbocycles. The van der Waals surface area contributed by atoms with Crippen molar-refractivity contribution in [1.82, 2.24) is 0 Å². The Bertz CT molecular complexity index is 318. The molecule has 0 amide bonds. The van der Waals surface area contributed by atoms with Crippen LogP contribution in [0.25, 0.3) is 0 Å². The normalized spacial score (nSPS) is 31.9. The molecular formula is C23H40O. The molecule has 2 fully saturated rings. The molecule has 2 aliphatic rings. The van der Waals surface area contributed by atoms with Crippen LogP contribution in [0.2, 0.25) is 0 Å². The van der Waals surface area contributed by atoms with Gasteiger partial charge in [-0.3, -0.25) is 0 Å². The van der Waals surface area contributed by atoms with Crippen molar-refractivity contribution in [3.63, 3.8) is 0 Å². The lowest BCUT2D eigenvalue weighted by Crippen LogP contribution is -2.22. The zero-order chi connectivity index (χ0) is 17.0. The summed E-state index contributed by atoms with van der Waals surface area (Å²) in [6, 6.07) is 0. The molecule has 0 saturated heterocycles. The molecule has 0 aromatic rings. The van der Waals surface area contributed by atoms with Crippen molar-refractivity contribution < 1.29 is 4.74 Å². The van der Waals surface area contributed by atoms with Crippen LogP contribution >= 0.6 is 0 Å². The van der Waals surface area contributed by atoms with E-state index in [2.05, 4.69) is 38.2 Å². The Kier molecular flexibility index (Phi) is 9.80. The Balaban J connectivity index is 1.52. The van der Waals surface area contributed by atoms with Gasteiger partial charge in [0.15, 0.2) is 0 Å². The third kappa shape index (κ3) is 7.55. The molecule has 0 radical (unpaired) electrons. The molecule has 0 aliphatic heterocycles. The fourth-order valence-corrected chi connectivity index (χ4v) is 4.65. The van der Waals surface area contributed by atoms with Gasteiger partial charge in [-0.2, -0.15) is 0 Å². The van der Waals surface area contributed by atoms with Crippen LogP contribution in [-0.2, 0) is 4.74 Å². The summed E-state index contributed by atoms with van der Waals surface area (Å²) >= 11 is 0. The largest absolute Gasteiger partial charge is 0.374 e. The summed E-state index contributed by atoms with van der Waals surface area (Å²) in [5.74, 6) is 3.04. The Morgan fingerprint density at radius 2 is 1.17 bits per heavy atom. The highest BCUT2D eigenvalue weighted by atomic mass is 16.5. The summed E-state index contributed by atoms with van der Waals surface area (Å²) in [5, 5.41) is 0. The van der Waals surface area contributed by atoms with Crippen molar-refractivity contribution in [1.29, 1.82) is 0 Å². The topological polar surface area (TPSA) is 9.23 Å². The van der Waals surface area contributed by atoms with Crippen LogP contribution in [0, 0.1) is 17.8 Å². The van der Waals surface area contributed by atoms with Gasteiger partial charge in [0.05, 0.1) is 12.7 Å². The van der Waals surface area contributed by atoms with Crippen LogP contribution < -0.4 is 0 Å². The molecule has 0 heterocycles.